The Morgan fingerprint density at radius 2 is 1.84 bits per heavy atom. The summed E-state index contributed by atoms with van der Waals surface area (Å²) in [6, 6.07) is 15.9. The largest absolute Gasteiger partial charge is 0.493 e. The van der Waals surface area contributed by atoms with Crippen LogP contribution in [-0.4, -0.2) is 58.1 Å². The van der Waals surface area contributed by atoms with E-state index in [1.54, 1.807) is 14.2 Å². The Bertz CT molecular complexity index is 1070. The highest BCUT2D eigenvalue weighted by Crippen LogP contribution is 2.34. The van der Waals surface area contributed by atoms with E-state index in [9.17, 15) is 4.79 Å². The number of nitrogens with zero attached hydrogens (tertiary/aromatic N) is 4. The van der Waals surface area contributed by atoms with Crippen LogP contribution in [0, 0.1) is 0 Å². The Labute approximate surface area is 192 Å². The molecule has 7 nitrogen and oxygen atoms in total. The molecule has 8 heteroatoms. The second-order valence-corrected chi connectivity index (χ2v) is 8.71. The maximum Gasteiger partial charge on any atom is 0.233 e. The fraction of sp³-hybridized carbons (Fsp3) is 0.375. The highest BCUT2D eigenvalue weighted by molar-refractivity contribution is 7.99. The fourth-order valence-electron chi connectivity index (χ4n) is 4.01. The average Bonchev–Trinajstić information content (AvgIpc) is 3.27. The molecular formula is C24H28N4O3S. The molecule has 1 unspecified atom stereocenters. The minimum Gasteiger partial charge on any atom is -0.493 e. The van der Waals surface area contributed by atoms with Crippen molar-refractivity contribution in [2.75, 3.05) is 26.5 Å². The zero-order chi connectivity index (χ0) is 22.5. The van der Waals surface area contributed by atoms with Crippen molar-refractivity contribution in [3.8, 4) is 28.6 Å². The number of amides is 1. The lowest BCUT2D eigenvalue weighted by atomic mass is 10.0. The standard InChI is InChI=1S/C24H28N4O3S/c1-17-9-7-8-14-27(17)22(29)16-32-24-26-25-23(28(24)19-10-5-4-6-11-19)18-12-13-20(30-2)21(15-18)31-3/h4-6,10-13,15,17H,7-9,14,16H2,1-3H3. The summed E-state index contributed by atoms with van der Waals surface area (Å²) in [5.74, 6) is 2.44. The maximum absolute atomic E-state index is 12.9. The molecule has 1 aromatic heterocycles. The van der Waals surface area contributed by atoms with Crippen molar-refractivity contribution >= 4 is 17.7 Å². The van der Waals surface area contributed by atoms with Crippen molar-refractivity contribution in [2.24, 2.45) is 0 Å². The highest BCUT2D eigenvalue weighted by atomic mass is 32.2. The van der Waals surface area contributed by atoms with Gasteiger partial charge in [0.15, 0.2) is 22.5 Å². The zero-order valence-corrected chi connectivity index (χ0v) is 19.5. The van der Waals surface area contributed by atoms with Crippen molar-refractivity contribution in [2.45, 2.75) is 37.4 Å². The molecule has 4 rings (SSSR count). The summed E-state index contributed by atoms with van der Waals surface area (Å²) >= 11 is 1.42. The Morgan fingerprint density at radius 3 is 2.56 bits per heavy atom. The van der Waals surface area contributed by atoms with E-state index in [2.05, 4.69) is 17.1 Å². The van der Waals surface area contributed by atoms with E-state index in [4.69, 9.17) is 9.47 Å². The first-order chi connectivity index (χ1) is 15.6. The average molecular weight is 453 g/mol. The molecule has 1 aliphatic rings. The minimum atomic E-state index is 0.150. The van der Waals surface area contributed by atoms with Crippen LogP contribution in [0.4, 0.5) is 0 Å². The van der Waals surface area contributed by atoms with Gasteiger partial charge in [-0.2, -0.15) is 0 Å². The highest BCUT2D eigenvalue weighted by Gasteiger charge is 2.24. The number of likely N-dealkylation sites (tertiary alicyclic amines) is 1. The molecule has 0 radical (unpaired) electrons. The van der Waals surface area contributed by atoms with E-state index in [0.29, 0.717) is 34.3 Å². The van der Waals surface area contributed by atoms with Crippen LogP contribution < -0.4 is 9.47 Å². The minimum absolute atomic E-state index is 0.150. The van der Waals surface area contributed by atoms with E-state index < -0.39 is 0 Å². The van der Waals surface area contributed by atoms with Gasteiger partial charge in [-0.1, -0.05) is 30.0 Å². The summed E-state index contributed by atoms with van der Waals surface area (Å²) in [7, 11) is 3.22. The molecule has 1 fully saturated rings. The first-order valence-electron chi connectivity index (χ1n) is 10.8. The van der Waals surface area contributed by atoms with Crippen molar-refractivity contribution in [1.82, 2.24) is 19.7 Å². The number of thioether (sulfide) groups is 1. The van der Waals surface area contributed by atoms with E-state index in [-0.39, 0.29) is 5.91 Å². The molecule has 0 aliphatic carbocycles. The molecular weight excluding hydrogens is 424 g/mol. The van der Waals surface area contributed by atoms with Crippen LogP contribution in [0.2, 0.25) is 0 Å². The van der Waals surface area contributed by atoms with Crippen LogP contribution in [-0.2, 0) is 4.79 Å². The normalized spacial score (nSPS) is 16.1. The lowest BCUT2D eigenvalue weighted by Crippen LogP contribution is -2.42. The number of piperidine rings is 1. The molecule has 3 aromatic rings. The first-order valence-corrected chi connectivity index (χ1v) is 11.8. The lowest BCUT2D eigenvalue weighted by Gasteiger charge is -2.33. The second-order valence-electron chi connectivity index (χ2n) is 7.77. The van der Waals surface area contributed by atoms with Crippen LogP contribution in [0.3, 0.4) is 0 Å². The third-order valence-corrected chi connectivity index (χ3v) is 6.65. The van der Waals surface area contributed by atoms with Gasteiger partial charge in [-0.25, -0.2) is 0 Å². The van der Waals surface area contributed by atoms with Crippen LogP contribution in [0.5, 0.6) is 11.5 Å². The number of hydrogen-bond acceptors (Lipinski definition) is 6. The summed E-state index contributed by atoms with van der Waals surface area (Å²) in [6.45, 7) is 2.96. The van der Waals surface area contributed by atoms with Gasteiger partial charge >= 0.3 is 0 Å². The van der Waals surface area contributed by atoms with Crippen LogP contribution in [0.1, 0.15) is 26.2 Å². The predicted octanol–water partition coefficient (Wildman–Crippen LogP) is 4.44. The Hall–Kier alpha value is -3.00. The Kier molecular flexibility index (Phi) is 6.99. The van der Waals surface area contributed by atoms with Crippen molar-refractivity contribution in [1.29, 1.82) is 0 Å². The summed E-state index contributed by atoms with van der Waals surface area (Å²) < 4.78 is 12.8. The van der Waals surface area contributed by atoms with Gasteiger partial charge in [-0.3, -0.25) is 9.36 Å². The number of aromatic nitrogens is 3. The number of hydrogen-bond donors (Lipinski definition) is 0. The quantitative estimate of drug-likeness (QED) is 0.494. The van der Waals surface area contributed by atoms with Gasteiger partial charge in [0.1, 0.15) is 0 Å². The van der Waals surface area contributed by atoms with Gasteiger partial charge in [0.25, 0.3) is 0 Å². The zero-order valence-electron chi connectivity index (χ0n) is 18.7. The third-order valence-electron chi connectivity index (χ3n) is 5.74. The van der Waals surface area contributed by atoms with Crippen molar-refractivity contribution < 1.29 is 14.3 Å². The topological polar surface area (TPSA) is 69.5 Å². The molecule has 0 spiro atoms. The summed E-state index contributed by atoms with van der Waals surface area (Å²) in [4.78, 5) is 14.9. The summed E-state index contributed by atoms with van der Waals surface area (Å²) in [5.41, 5.74) is 1.78. The van der Waals surface area contributed by atoms with E-state index in [1.807, 2.05) is 58.0 Å². The summed E-state index contributed by atoms with van der Waals surface area (Å²) in [6.07, 6.45) is 3.33. The molecule has 2 heterocycles. The number of benzene rings is 2. The van der Waals surface area contributed by atoms with E-state index in [1.165, 1.54) is 18.2 Å². The summed E-state index contributed by atoms with van der Waals surface area (Å²) in [5, 5.41) is 9.59. The number of carbonyl (C=O) groups is 1. The molecule has 1 amide bonds. The Balaban J connectivity index is 1.65. The van der Waals surface area contributed by atoms with Gasteiger partial charge in [0.2, 0.25) is 5.91 Å². The van der Waals surface area contributed by atoms with Gasteiger partial charge in [0, 0.05) is 23.8 Å². The Morgan fingerprint density at radius 1 is 1.06 bits per heavy atom. The number of carbonyl (C=O) groups excluding carboxylic acids is 1. The number of methoxy groups -OCH3 is 2. The van der Waals surface area contributed by atoms with Gasteiger partial charge in [-0.15, -0.1) is 10.2 Å². The first kappa shape index (κ1) is 22.2. The van der Waals surface area contributed by atoms with Crippen LogP contribution in [0.25, 0.3) is 17.1 Å². The second kappa shape index (κ2) is 10.1. The molecule has 32 heavy (non-hydrogen) atoms. The predicted molar refractivity (Wildman–Crippen MR) is 126 cm³/mol. The lowest BCUT2D eigenvalue weighted by molar-refractivity contribution is -0.131. The monoisotopic (exact) mass is 452 g/mol. The third kappa shape index (κ3) is 4.60. The van der Waals surface area contributed by atoms with Crippen molar-refractivity contribution in [3.63, 3.8) is 0 Å². The SMILES string of the molecule is COc1ccc(-c2nnc(SCC(=O)N3CCCCC3C)n2-c2ccccc2)cc1OC. The van der Waals surface area contributed by atoms with Gasteiger partial charge < -0.3 is 14.4 Å². The van der Waals surface area contributed by atoms with Crippen molar-refractivity contribution in [3.05, 3.63) is 48.5 Å². The number of para-hydroxylation sites is 1. The molecule has 1 aliphatic heterocycles. The molecule has 1 atom stereocenters. The maximum atomic E-state index is 12.9. The number of ether oxygens (including phenoxy) is 2. The van der Waals surface area contributed by atoms with Crippen LogP contribution in [0.15, 0.2) is 53.7 Å². The molecule has 0 saturated carbocycles. The number of rotatable bonds is 7. The fourth-order valence-corrected chi connectivity index (χ4v) is 4.85. The molecule has 2 aromatic carbocycles. The molecule has 168 valence electrons. The molecule has 1 saturated heterocycles. The molecule has 0 bridgehead atoms. The van der Waals surface area contributed by atoms with Gasteiger partial charge in [0.05, 0.1) is 20.0 Å². The smallest absolute Gasteiger partial charge is 0.233 e. The molecule has 0 N–H and O–H groups in total. The van der Waals surface area contributed by atoms with E-state index >= 15 is 0 Å². The van der Waals surface area contributed by atoms with E-state index in [0.717, 1.165) is 30.6 Å². The van der Waals surface area contributed by atoms with Gasteiger partial charge in [-0.05, 0) is 56.5 Å². The van der Waals surface area contributed by atoms with Crippen LogP contribution >= 0.6 is 11.8 Å².